The summed E-state index contributed by atoms with van der Waals surface area (Å²) >= 11 is 0. The summed E-state index contributed by atoms with van der Waals surface area (Å²) in [4.78, 5) is 19.2. The van der Waals surface area contributed by atoms with Gasteiger partial charge in [0, 0.05) is 6.54 Å². The summed E-state index contributed by atoms with van der Waals surface area (Å²) in [7, 11) is 0. The van der Waals surface area contributed by atoms with E-state index in [0.717, 1.165) is 29.4 Å². The van der Waals surface area contributed by atoms with Gasteiger partial charge in [0.05, 0.1) is 23.8 Å². The van der Waals surface area contributed by atoms with Gasteiger partial charge in [-0.15, -0.1) is 0 Å². The minimum atomic E-state index is 0.0620. The van der Waals surface area contributed by atoms with E-state index < -0.39 is 0 Å². The maximum atomic E-state index is 12.0. The van der Waals surface area contributed by atoms with E-state index in [4.69, 9.17) is 0 Å². The zero-order valence-electron chi connectivity index (χ0n) is 12.4. The first-order chi connectivity index (χ1) is 10.8. The molecular weight excluding hydrogens is 274 g/mol. The number of nitrogens with zero attached hydrogens (tertiary/aromatic N) is 1. The highest BCUT2D eigenvalue weighted by molar-refractivity contribution is 5.81. The molecule has 0 unspecified atom stereocenters. The van der Waals surface area contributed by atoms with Crippen LogP contribution in [0.25, 0.3) is 11.0 Å². The fourth-order valence-corrected chi connectivity index (χ4v) is 2.51. The monoisotopic (exact) mass is 293 g/mol. The van der Waals surface area contributed by atoms with Crippen molar-refractivity contribution < 1.29 is 4.79 Å². The van der Waals surface area contributed by atoms with Crippen molar-refractivity contribution in [1.82, 2.24) is 15.3 Å². The molecule has 2 N–H and O–H groups in total. The van der Waals surface area contributed by atoms with Crippen LogP contribution in [0.2, 0.25) is 0 Å². The average molecular weight is 293 g/mol. The van der Waals surface area contributed by atoms with Crippen LogP contribution in [-0.2, 0) is 17.6 Å². The third-order valence-electron chi connectivity index (χ3n) is 3.66. The lowest BCUT2D eigenvalue weighted by atomic mass is 10.1. The number of fused-ring (bicyclic) bond motifs is 1. The third-order valence-corrected chi connectivity index (χ3v) is 3.66. The fraction of sp³-hybridized carbons (Fsp3) is 0.222. The van der Waals surface area contributed by atoms with Crippen molar-refractivity contribution in [3.05, 3.63) is 66.0 Å². The summed E-state index contributed by atoms with van der Waals surface area (Å²) in [6.07, 6.45) is 4.01. The minimum absolute atomic E-state index is 0.0620. The average Bonchev–Trinajstić information content (AvgIpc) is 3.00. The van der Waals surface area contributed by atoms with Crippen LogP contribution in [0.4, 0.5) is 0 Å². The zero-order chi connectivity index (χ0) is 15.2. The van der Waals surface area contributed by atoms with Crippen LogP contribution in [0, 0.1) is 0 Å². The fourth-order valence-electron chi connectivity index (χ4n) is 2.51. The minimum Gasteiger partial charge on any atom is -0.356 e. The van der Waals surface area contributed by atoms with Crippen molar-refractivity contribution in [2.75, 3.05) is 6.54 Å². The Balaban J connectivity index is 1.44. The van der Waals surface area contributed by atoms with Crippen LogP contribution >= 0.6 is 0 Å². The number of aryl methyl sites for hydroxylation is 1. The van der Waals surface area contributed by atoms with Gasteiger partial charge in [0.2, 0.25) is 5.91 Å². The highest BCUT2D eigenvalue weighted by Gasteiger charge is 2.04. The van der Waals surface area contributed by atoms with Crippen LogP contribution in [-0.4, -0.2) is 22.4 Å². The van der Waals surface area contributed by atoms with Gasteiger partial charge in [0.1, 0.15) is 0 Å². The topological polar surface area (TPSA) is 57.8 Å². The summed E-state index contributed by atoms with van der Waals surface area (Å²) in [5.74, 6) is 0.0620. The molecule has 0 aliphatic rings. The molecule has 4 heteroatoms. The lowest BCUT2D eigenvalue weighted by molar-refractivity contribution is -0.120. The first kappa shape index (κ1) is 14.3. The summed E-state index contributed by atoms with van der Waals surface area (Å²) in [6.45, 7) is 0.708. The predicted octanol–water partition coefficient (Wildman–Crippen LogP) is 2.85. The van der Waals surface area contributed by atoms with E-state index >= 15 is 0 Å². The largest absolute Gasteiger partial charge is 0.356 e. The molecular formula is C18H19N3O. The van der Waals surface area contributed by atoms with Gasteiger partial charge in [-0.3, -0.25) is 4.79 Å². The van der Waals surface area contributed by atoms with Crippen molar-refractivity contribution in [1.29, 1.82) is 0 Å². The molecule has 0 spiro atoms. The highest BCUT2D eigenvalue weighted by Crippen LogP contribution is 2.12. The first-order valence-corrected chi connectivity index (χ1v) is 7.54. The van der Waals surface area contributed by atoms with Crippen molar-refractivity contribution in [3.63, 3.8) is 0 Å². The van der Waals surface area contributed by atoms with Crippen molar-refractivity contribution >= 4 is 16.9 Å². The molecule has 3 aromatic rings. The highest BCUT2D eigenvalue weighted by atomic mass is 16.1. The SMILES string of the molecule is O=C(Cc1ccc2nc[nH]c2c1)NCCCc1ccccc1. The number of carbonyl (C=O) groups excluding carboxylic acids is 1. The molecule has 2 aromatic carbocycles. The Morgan fingerprint density at radius 3 is 2.82 bits per heavy atom. The number of hydrogen-bond donors (Lipinski definition) is 2. The Morgan fingerprint density at radius 1 is 1.09 bits per heavy atom. The second-order valence-corrected chi connectivity index (χ2v) is 5.37. The van der Waals surface area contributed by atoms with E-state index in [9.17, 15) is 4.79 Å². The maximum Gasteiger partial charge on any atom is 0.224 e. The van der Waals surface area contributed by atoms with Crippen LogP contribution in [0.5, 0.6) is 0 Å². The number of aromatic amines is 1. The molecule has 0 atom stereocenters. The summed E-state index contributed by atoms with van der Waals surface area (Å²) in [5, 5.41) is 2.98. The second-order valence-electron chi connectivity index (χ2n) is 5.37. The number of aromatic nitrogens is 2. The van der Waals surface area contributed by atoms with Crippen molar-refractivity contribution in [2.45, 2.75) is 19.3 Å². The summed E-state index contributed by atoms with van der Waals surface area (Å²) in [6, 6.07) is 16.2. The Morgan fingerprint density at radius 2 is 1.95 bits per heavy atom. The first-order valence-electron chi connectivity index (χ1n) is 7.54. The molecule has 4 nitrogen and oxygen atoms in total. The molecule has 0 aliphatic heterocycles. The number of H-pyrrole nitrogens is 1. The molecule has 1 amide bonds. The number of amides is 1. The molecule has 0 fully saturated rings. The molecule has 1 aromatic heterocycles. The van der Waals surface area contributed by atoms with E-state index in [2.05, 4.69) is 27.4 Å². The summed E-state index contributed by atoms with van der Waals surface area (Å²) in [5.41, 5.74) is 4.19. The number of benzene rings is 2. The van der Waals surface area contributed by atoms with E-state index in [0.29, 0.717) is 13.0 Å². The molecule has 112 valence electrons. The van der Waals surface area contributed by atoms with Gasteiger partial charge in [0.15, 0.2) is 0 Å². The van der Waals surface area contributed by atoms with E-state index in [1.165, 1.54) is 5.56 Å². The van der Waals surface area contributed by atoms with Crippen molar-refractivity contribution in [2.24, 2.45) is 0 Å². The smallest absolute Gasteiger partial charge is 0.224 e. The number of hydrogen-bond acceptors (Lipinski definition) is 2. The van der Waals surface area contributed by atoms with Crippen LogP contribution < -0.4 is 5.32 Å². The van der Waals surface area contributed by atoms with Gasteiger partial charge in [-0.25, -0.2) is 4.98 Å². The molecule has 3 rings (SSSR count). The Labute approximate surface area is 129 Å². The van der Waals surface area contributed by atoms with Crippen molar-refractivity contribution in [3.8, 4) is 0 Å². The predicted molar refractivity (Wildman–Crippen MR) is 87.6 cm³/mol. The molecule has 0 saturated carbocycles. The number of carbonyl (C=O) groups is 1. The van der Waals surface area contributed by atoms with Crippen LogP contribution in [0.15, 0.2) is 54.9 Å². The number of rotatable bonds is 6. The van der Waals surface area contributed by atoms with E-state index in [1.54, 1.807) is 6.33 Å². The lowest BCUT2D eigenvalue weighted by Crippen LogP contribution is -2.26. The van der Waals surface area contributed by atoms with E-state index in [-0.39, 0.29) is 5.91 Å². The molecule has 22 heavy (non-hydrogen) atoms. The van der Waals surface area contributed by atoms with Gasteiger partial charge in [-0.1, -0.05) is 36.4 Å². The number of nitrogens with one attached hydrogen (secondary N) is 2. The van der Waals surface area contributed by atoms with Gasteiger partial charge in [0.25, 0.3) is 0 Å². The van der Waals surface area contributed by atoms with Crippen LogP contribution in [0.3, 0.4) is 0 Å². The standard InChI is InChI=1S/C18H19N3O/c22-18(19-10-4-7-14-5-2-1-3-6-14)12-15-8-9-16-17(11-15)21-13-20-16/h1-3,5-6,8-9,11,13H,4,7,10,12H2,(H,19,22)(H,20,21). The van der Waals surface area contributed by atoms with E-state index in [1.807, 2.05) is 36.4 Å². The zero-order valence-corrected chi connectivity index (χ0v) is 12.4. The third kappa shape index (κ3) is 3.73. The normalized spacial score (nSPS) is 10.7. The Kier molecular flexibility index (Phi) is 4.49. The maximum absolute atomic E-state index is 12.0. The molecule has 0 saturated heterocycles. The Bertz CT molecular complexity index is 749. The van der Waals surface area contributed by atoms with Gasteiger partial charge < -0.3 is 10.3 Å². The molecule has 0 bridgehead atoms. The lowest BCUT2D eigenvalue weighted by Gasteiger charge is -2.06. The molecule has 0 radical (unpaired) electrons. The molecule has 1 heterocycles. The second kappa shape index (κ2) is 6.89. The number of imidazole rings is 1. The van der Waals surface area contributed by atoms with Gasteiger partial charge in [-0.2, -0.15) is 0 Å². The Hall–Kier alpha value is -2.62. The van der Waals surface area contributed by atoms with Gasteiger partial charge >= 0.3 is 0 Å². The summed E-state index contributed by atoms with van der Waals surface area (Å²) < 4.78 is 0. The molecule has 0 aliphatic carbocycles. The van der Waals surface area contributed by atoms with Gasteiger partial charge in [-0.05, 0) is 36.1 Å². The quantitative estimate of drug-likeness (QED) is 0.687. The van der Waals surface area contributed by atoms with Crippen LogP contribution in [0.1, 0.15) is 17.5 Å².